The molecule has 176 valence electrons. The zero-order valence-electron chi connectivity index (χ0n) is 18.4. The zero-order valence-corrected chi connectivity index (χ0v) is 18.4. The van der Waals surface area contributed by atoms with Crippen LogP contribution in [0.25, 0.3) is 22.3 Å². The van der Waals surface area contributed by atoms with Gasteiger partial charge in [-0.05, 0) is 18.2 Å². The topological polar surface area (TPSA) is 156 Å². The third-order valence-corrected chi connectivity index (χ3v) is 4.13. The van der Waals surface area contributed by atoms with Gasteiger partial charge in [-0.25, -0.2) is 0 Å². The summed E-state index contributed by atoms with van der Waals surface area (Å²) in [5.41, 5.74) is -0.967. The predicted octanol–water partition coefficient (Wildman–Crippen LogP) is 2.87. The summed E-state index contributed by atoms with van der Waals surface area (Å²) >= 11 is 0. The van der Waals surface area contributed by atoms with Gasteiger partial charge < -0.3 is 28.5 Å². The van der Waals surface area contributed by atoms with Crippen LogP contribution in [0, 0.1) is 0 Å². The zero-order chi connectivity index (χ0) is 25.2. The van der Waals surface area contributed by atoms with Crippen molar-refractivity contribution in [1.82, 2.24) is 0 Å². The van der Waals surface area contributed by atoms with E-state index in [1.807, 2.05) is 0 Å². The minimum absolute atomic E-state index is 0.0792. The maximum absolute atomic E-state index is 13.3. The Morgan fingerprint density at radius 3 is 1.91 bits per heavy atom. The molecule has 0 fully saturated rings. The van der Waals surface area contributed by atoms with Gasteiger partial charge in [0.15, 0.2) is 17.3 Å². The van der Waals surface area contributed by atoms with Gasteiger partial charge in [-0.2, -0.15) is 0 Å². The molecule has 1 heterocycles. The van der Waals surface area contributed by atoms with Gasteiger partial charge in [0.05, 0.1) is 0 Å². The molecule has 11 heteroatoms. The highest BCUT2D eigenvalue weighted by molar-refractivity contribution is 5.92. The summed E-state index contributed by atoms with van der Waals surface area (Å²) in [7, 11) is 0. The van der Waals surface area contributed by atoms with Crippen molar-refractivity contribution in [3.63, 3.8) is 0 Å². The highest BCUT2D eigenvalue weighted by Crippen LogP contribution is 2.39. The molecule has 34 heavy (non-hydrogen) atoms. The summed E-state index contributed by atoms with van der Waals surface area (Å²) in [5, 5.41) is 9.97. The van der Waals surface area contributed by atoms with Crippen molar-refractivity contribution in [3.8, 4) is 40.1 Å². The first-order valence-electron chi connectivity index (χ1n) is 9.68. The van der Waals surface area contributed by atoms with Crippen LogP contribution in [0.15, 0.2) is 39.5 Å². The van der Waals surface area contributed by atoms with Gasteiger partial charge in [0.2, 0.25) is 11.2 Å². The molecule has 0 spiro atoms. The van der Waals surface area contributed by atoms with Crippen molar-refractivity contribution in [1.29, 1.82) is 0 Å². The molecule has 11 nitrogen and oxygen atoms in total. The van der Waals surface area contributed by atoms with Gasteiger partial charge in [0.25, 0.3) is 0 Å². The Balaban J connectivity index is 2.35. The Hall–Kier alpha value is -4.67. The smallest absolute Gasteiger partial charge is 0.308 e. The first kappa shape index (κ1) is 24.0. The predicted molar refractivity (Wildman–Crippen MR) is 115 cm³/mol. The fraction of sp³-hybridized carbons (Fsp3) is 0.174. The van der Waals surface area contributed by atoms with Crippen LogP contribution < -0.4 is 24.4 Å². The van der Waals surface area contributed by atoms with Crippen LogP contribution in [-0.2, 0) is 19.2 Å². The molecule has 0 aliphatic carbocycles. The fourth-order valence-electron chi connectivity index (χ4n) is 3.03. The highest BCUT2D eigenvalue weighted by atomic mass is 16.6. The lowest BCUT2D eigenvalue weighted by atomic mass is 10.1. The second kappa shape index (κ2) is 9.45. The van der Waals surface area contributed by atoms with Crippen molar-refractivity contribution in [2.24, 2.45) is 0 Å². The van der Waals surface area contributed by atoms with Crippen LogP contribution in [0.2, 0.25) is 0 Å². The number of hydrogen-bond acceptors (Lipinski definition) is 11. The summed E-state index contributed by atoms with van der Waals surface area (Å²) in [6.07, 6.45) is 0. The molecule has 3 rings (SSSR count). The number of aromatic hydroxyl groups is 1. The number of carbonyl (C=O) groups is 4. The largest absolute Gasteiger partial charge is 0.504 e. The van der Waals surface area contributed by atoms with E-state index in [-0.39, 0.29) is 39.5 Å². The molecular weight excluding hydrogens is 452 g/mol. The molecule has 0 radical (unpaired) electrons. The van der Waals surface area contributed by atoms with Gasteiger partial charge in [-0.3, -0.25) is 24.0 Å². The van der Waals surface area contributed by atoms with E-state index in [0.29, 0.717) is 0 Å². The molecule has 0 saturated heterocycles. The van der Waals surface area contributed by atoms with Gasteiger partial charge in [-0.1, -0.05) is 0 Å². The summed E-state index contributed by atoms with van der Waals surface area (Å²) in [6, 6.07) is 6.06. The third kappa shape index (κ3) is 5.21. The van der Waals surface area contributed by atoms with Crippen molar-refractivity contribution < 1.29 is 47.6 Å². The van der Waals surface area contributed by atoms with Crippen molar-refractivity contribution >= 4 is 34.8 Å². The molecule has 0 atom stereocenters. The molecule has 0 aliphatic rings. The van der Waals surface area contributed by atoms with E-state index in [9.17, 15) is 29.1 Å². The van der Waals surface area contributed by atoms with Crippen LogP contribution >= 0.6 is 0 Å². The minimum Gasteiger partial charge on any atom is -0.504 e. The number of phenols is 1. The number of esters is 4. The summed E-state index contributed by atoms with van der Waals surface area (Å²) in [6.45, 7) is 4.46. The maximum atomic E-state index is 13.3. The fourth-order valence-corrected chi connectivity index (χ4v) is 3.03. The molecule has 0 bridgehead atoms. The summed E-state index contributed by atoms with van der Waals surface area (Å²) < 4.78 is 25.9. The Labute approximate surface area is 191 Å². The second-order valence-electron chi connectivity index (χ2n) is 6.94. The van der Waals surface area contributed by atoms with E-state index in [4.69, 9.17) is 23.4 Å². The Bertz CT molecular complexity index is 1400. The number of phenolic OH excluding ortho intramolecular Hbond substituents is 1. The van der Waals surface area contributed by atoms with Crippen LogP contribution in [0.4, 0.5) is 0 Å². The Kier molecular flexibility index (Phi) is 6.66. The van der Waals surface area contributed by atoms with Crippen molar-refractivity contribution in [2.45, 2.75) is 27.7 Å². The number of rotatable bonds is 5. The molecule has 0 unspecified atom stereocenters. The van der Waals surface area contributed by atoms with Crippen LogP contribution in [-0.4, -0.2) is 29.0 Å². The normalized spacial score (nSPS) is 10.5. The summed E-state index contributed by atoms with van der Waals surface area (Å²) in [5.74, 6) is -4.78. The first-order valence-corrected chi connectivity index (χ1v) is 9.68. The molecule has 3 aromatic rings. The second-order valence-corrected chi connectivity index (χ2v) is 6.94. The van der Waals surface area contributed by atoms with Crippen LogP contribution in [0.3, 0.4) is 0 Å². The van der Waals surface area contributed by atoms with Crippen molar-refractivity contribution in [3.05, 3.63) is 40.6 Å². The molecule has 0 aliphatic heterocycles. The molecule has 1 N–H and O–H groups in total. The molecular formula is C23H18O11. The Morgan fingerprint density at radius 2 is 1.35 bits per heavy atom. The molecule has 1 aromatic heterocycles. The van der Waals surface area contributed by atoms with E-state index in [2.05, 4.69) is 0 Å². The number of carbonyl (C=O) groups excluding carboxylic acids is 4. The standard InChI is InChI=1S/C23H18O11/c1-10(24)30-15-8-18(32-12(3)26)20-19(9-15)34-22(23(21(20)29)33-13(4)27)14-5-6-17(16(28)7-14)31-11(2)25/h5-9,28H,1-4H3. The van der Waals surface area contributed by atoms with Crippen LogP contribution in [0.1, 0.15) is 27.7 Å². The third-order valence-electron chi connectivity index (χ3n) is 4.13. The molecule has 0 amide bonds. The van der Waals surface area contributed by atoms with E-state index < -0.39 is 40.8 Å². The number of ether oxygens (including phenoxy) is 4. The highest BCUT2D eigenvalue weighted by Gasteiger charge is 2.24. The quantitative estimate of drug-likeness (QED) is 0.432. The average Bonchev–Trinajstić information content (AvgIpc) is 2.69. The number of fused-ring (bicyclic) bond motifs is 1. The maximum Gasteiger partial charge on any atom is 0.308 e. The SMILES string of the molecule is CC(=O)Oc1cc(OC(C)=O)c2c(=O)c(OC(C)=O)c(-c3ccc(OC(C)=O)c(O)c3)oc2c1. The lowest BCUT2D eigenvalue weighted by molar-refractivity contribution is -0.133. The van der Waals surface area contributed by atoms with Gasteiger partial charge in [0, 0.05) is 45.4 Å². The van der Waals surface area contributed by atoms with Crippen LogP contribution in [0.5, 0.6) is 28.7 Å². The first-order chi connectivity index (χ1) is 16.0. The van der Waals surface area contributed by atoms with E-state index >= 15 is 0 Å². The number of hydrogen-bond donors (Lipinski definition) is 1. The lowest BCUT2D eigenvalue weighted by Crippen LogP contribution is -2.15. The van der Waals surface area contributed by atoms with Gasteiger partial charge >= 0.3 is 23.9 Å². The van der Waals surface area contributed by atoms with Gasteiger partial charge in [-0.15, -0.1) is 0 Å². The van der Waals surface area contributed by atoms with E-state index in [0.717, 1.165) is 39.8 Å². The number of benzene rings is 2. The van der Waals surface area contributed by atoms with E-state index in [1.54, 1.807) is 0 Å². The summed E-state index contributed by atoms with van der Waals surface area (Å²) in [4.78, 5) is 59.2. The van der Waals surface area contributed by atoms with Crippen molar-refractivity contribution in [2.75, 3.05) is 0 Å². The average molecular weight is 470 g/mol. The molecule has 2 aromatic carbocycles. The van der Waals surface area contributed by atoms with E-state index in [1.165, 1.54) is 18.2 Å². The Morgan fingerprint density at radius 1 is 0.765 bits per heavy atom. The van der Waals surface area contributed by atoms with Gasteiger partial charge in [0.1, 0.15) is 22.5 Å². The minimum atomic E-state index is -0.874. The monoisotopic (exact) mass is 470 g/mol. The molecule has 0 saturated carbocycles. The lowest BCUT2D eigenvalue weighted by Gasteiger charge is -2.13.